The Kier molecular flexibility index (Phi) is 32.3. The molecule has 0 amide bonds. The Morgan fingerprint density at radius 3 is 1.42 bits per heavy atom. The van der Waals surface area contributed by atoms with Crippen LogP contribution in [0.4, 0.5) is 0 Å². The van der Waals surface area contributed by atoms with Crippen LogP contribution in [0.15, 0.2) is 0 Å². The molecule has 0 fully saturated rings. The Labute approximate surface area is 114 Å². The summed E-state index contributed by atoms with van der Waals surface area (Å²) < 4.78 is 0. The summed E-state index contributed by atoms with van der Waals surface area (Å²) in [6.07, 6.45) is 2.39. The summed E-state index contributed by atoms with van der Waals surface area (Å²) in [6, 6.07) is 0. The van der Waals surface area contributed by atoms with Crippen molar-refractivity contribution in [1.82, 2.24) is 0 Å². The van der Waals surface area contributed by atoms with Gasteiger partial charge in [0.2, 0.25) is 0 Å². The van der Waals surface area contributed by atoms with Gasteiger partial charge in [0, 0.05) is 0 Å². The van der Waals surface area contributed by atoms with Crippen LogP contribution < -0.4 is 0 Å². The molecule has 0 N–H and O–H groups in total. The van der Waals surface area contributed by atoms with Crippen LogP contribution in [-0.2, 0) is 29.5 Å². The van der Waals surface area contributed by atoms with Crippen molar-refractivity contribution in [2.75, 3.05) is 13.1 Å². The van der Waals surface area contributed by atoms with Gasteiger partial charge in [-0.15, -0.1) is 13.1 Å². The molecule has 0 aliphatic heterocycles. The average molecular weight is 542 g/mol. The number of halogens is 3. The molecular weight excluding hydrogens is 528 g/mol. The maximum Gasteiger partial charge on any atom is 1.00 e. The van der Waals surface area contributed by atoms with E-state index in [-0.39, 0.29) is 19.5 Å². The minimum absolute atomic E-state index is 0. The quantitative estimate of drug-likeness (QED) is 0.361. The van der Waals surface area contributed by atoms with Crippen LogP contribution in [0.5, 0.6) is 0 Å². The van der Waals surface area contributed by atoms with E-state index in [2.05, 4.69) is 60.0 Å². The van der Waals surface area contributed by atoms with Gasteiger partial charge in [-0.2, -0.15) is 0 Å². The fourth-order valence-corrected chi connectivity index (χ4v) is 0.428. The Balaban J connectivity index is -0.000000142. The van der Waals surface area contributed by atoms with E-state index in [1.807, 2.05) is 0 Å². The Morgan fingerprint density at radius 1 is 1.00 bits per heavy atom. The third kappa shape index (κ3) is 38.8. The van der Waals surface area contributed by atoms with Gasteiger partial charge >= 0.3 is 70.4 Å². The van der Waals surface area contributed by atoms with E-state index in [4.69, 9.17) is 0 Å². The van der Waals surface area contributed by atoms with E-state index >= 15 is 0 Å². The van der Waals surface area contributed by atoms with Crippen molar-refractivity contribution in [3.05, 3.63) is 5.32 Å². The topological polar surface area (TPSA) is 14.1 Å². The summed E-state index contributed by atoms with van der Waals surface area (Å²) in [6.45, 7) is 6.40. The van der Waals surface area contributed by atoms with Gasteiger partial charge in [-0.1, -0.05) is 26.7 Å². The van der Waals surface area contributed by atoms with Gasteiger partial charge in [0.05, 0.1) is 0 Å². The third-order valence-corrected chi connectivity index (χ3v) is 0.763. The van der Waals surface area contributed by atoms with Crippen molar-refractivity contribution in [3.8, 4) is 0 Å². The Morgan fingerprint density at radius 2 is 1.25 bits per heavy atom. The second-order valence-corrected chi connectivity index (χ2v) is 25.9. The van der Waals surface area contributed by atoms with Gasteiger partial charge in [0.15, 0.2) is 0 Å². The standard InChI is InChI=1S/C6H14N.3BrH.2Ru/c1-3-5-7-6-4-2;;;;;/h3-6H2,1-2H3;3*1H;;/q-1;;;;+1;+3/p-3. The molecule has 0 aliphatic carbocycles. The Hall–Kier alpha value is 2.65. The second kappa shape index (κ2) is 19.3. The smallest absolute Gasteiger partial charge is 1.00 e. The van der Waals surface area contributed by atoms with E-state index in [0.717, 1.165) is 13.1 Å². The predicted octanol–water partition coefficient (Wildman–Crippen LogP) is 4.71. The van der Waals surface area contributed by atoms with Gasteiger partial charge in [0.1, 0.15) is 0 Å². The van der Waals surface area contributed by atoms with Crippen molar-refractivity contribution in [1.29, 1.82) is 0 Å². The molecule has 0 atom stereocenters. The van der Waals surface area contributed by atoms with Crippen molar-refractivity contribution >= 4 is 40.9 Å². The van der Waals surface area contributed by atoms with Crippen LogP contribution in [0.25, 0.3) is 5.32 Å². The molecule has 0 aromatic heterocycles. The Bertz CT molecular complexity index is 60.0. The van der Waals surface area contributed by atoms with Crippen LogP contribution in [0.1, 0.15) is 26.7 Å². The molecule has 0 bridgehead atoms. The molecule has 0 aliphatic rings. The number of hydrogen-bond donors (Lipinski definition) is 0. The first-order chi connectivity index (χ1) is 5.15. The van der Waals surface area contributed by atoms with Gasteiger partial charge in [-0.25, -0.2) is 0 Å². The molecule has 1 radical (unpaired) electrons. The van der Waals surface area contributed by atoms with Gasteiger partial charge < -0.3 is 5.32 Å². The van der Waals surface area contributed by atoms with E-state index < -0.39 is 10.1 Å². The largest absolute Gasteiger partial charge is 1.00 e. The summed E-state index contributed by atoms with van der Waals surface area (Å²) in [5.74, 6) is 0. The molecule has 0 saturated heterocycles. The van der Waals surface area contributed by atoms with E-state index in [9.17, 15) is 0 Å². The third-order valence-electron chi connectivity index (χ3n) is 0.763. The second-order valence-electron chi connectivity index (χ2n) is 1.82. The molecule has 0 spiro atoms. The van der Waals surface area contributed by atoms with Crippen LogP contribution in [0, 0.1) is 0 Å². The molecule has 6 heteroatoms. The van der Waals surface area contributed by atoms with Crippen molar-refractivity contribution in [2.24, 2.45) is 0 Å². The van der Waals surface area contributed by atoms with Crippen LogP contribution >= 0.6 is 40.9 Å². The van der Waals surface area contributed by atoms with E-state index in [0.29, 0.717) is 0 Å². The average Bonchev–Trinajstić information content (AvgIpc) is 1.88. The first kappa shape index (κ1) is 20.1. The monoisotopic (exact) mass is 541 g/mol. The number of nitrogens with zero attached hydrogens (tertiary/aromatic N) is 1. The van der Waals surface area contributed by atoms with Crippen molar-refractivity contribution in [3.63, 3.8) is 0 Å². The minimum atomic E-state index is -0.732. The summed E-state index contributed by atoms with van der Waals surface area (Å²) >= 11 is 9.74. The summed E-state index contributed by atoms with van der Waals surface area (Å²) in [5.41, 5.74) is 0. The minimum Gasteiger partial charge on any atom is 1.00 e. The molecule has 0 heterocycles. The number of hydrogen-bond acceptors (Lipinski definition) is 0. The van der Waals surface area contributed by atoms with E-state index in [1.165, 1.54) is 12.8 Å². The molecule has 0 rings (SSSR count). The first-order valence-electron chi connectivity index (χ1n) is 3.45. The van der Waals surface area contributed by atoms with Crippen LogP contribution in [0.3, 0.4) is 0 Å². The molecule has 0 aromatic carbocycles. The molecule has 80 valence electrons. The summed E-state index contributed by atoms with van der Waals surface area (Å²) in [7, 11) is -0.732. The SMILES string of the molecule is CCC[N-]CCC.[Br][Ru]([Br])[Br].[Ru+]. The molecular formula is C6H14Br3NRu2. The predicted molar refractivity (Wildman–Crippen MR) is 60.5 cm³/mol. The molecule has 0 unspecified atom stereocenters. The molecule has 1 nitrogen and oxygen atoms in total. The van der Waals surface area contributed by atoms with Crippen molar-refractivity contribution < 1.29 is 29.5 Å². The van der Waals surface area contributed by atoms with E-state index in [1.54, 1.807) is 0 Å². The normalized spacial score (nSPS) is 9.25. The van der Waals surface area contributed by atoms with Gasteiger partial charge in [-0.3, -0.25) is 0 Å². The zero-order valence-corrected chi connectivity index (χ0v) is 15.4. The fourth-order valence-electron chi connectivity index (χ4n) is 0.428. The van der Waals surface area contributed by atoms with Gasteiger partial charge in [0.25, 0.3) is 0 Å². The summed E-state index contributed by atoms with van der Waals surface area (Å²) in [4.78, 5) is 0. The number of rotatable bonds is 4. The fraction of sp³-hybridized carbons (Fsp3) is 1.00. The van der Waals surface area contributed by atoms with Gasteiger partial charge in [-0.05, 0) is 0 Å². The van der Waals surface area contributed by atoms with Crippen LogP contribution in [0.2, 0.25) is 0 Å². The maximum absolute atomic E-state index is 4.21. The molecule has 0 saturated carbocycles. The molecule has 12 heavy (non-hydrogen) atoms. The maximum atomic E-state index is 4.21. The summed E-state index contributed by atoms with van der Waals surface area (Å²) in [5, 5.41) is 4.21. The first-order valence-corrected chi connectivity index (χ1v) is 15.4. The zero-order chi connectivity index (χ0) is 9.11. The van der Waals surface area contributed by atoms with Crippen LogP contribution in [-0.4, -0.2) is 13.1 Å². The van der Waals surface area contributed by atoms with Crippen molar-refractivity contribution in [2.45, 2.75) is 26.7 Å². The zero-order valence-electron chi connectivity index (χ0n) is 7.12. The molecule has 0 aromatic rings.